The molecule has 0 radical (unpaired) electrons. The van der Waals surface area contributed by atoms with Crippen molar-refractivity contribution >= 4 is 8.32 Å². The summed E-state index contributed by atoms with van der Waals surface area (Å²) in [6.07, 6.45) is 8.75. The van der Waals surface area contributed by atoms with Crippen LogP contribution in [0.1, 0.15) is 93.4 Å². The first-order chi connectivity index (χ1) is 13.1. The molecule has 4 heteroatoms. The molecule has 3 rings (SSSR count). The van der Waals surface area contributed by atoms with E-state index < -0.39 is 13.9 Å². The van der Waals surface area contributed by atoms with Crippen LogP contribution >= 0.6 is 0 Å². The van der Waals surface area contributed by atoms with Crippen molar-refractivity contribution in [3.05, 3.63) is 0 Å². The zero-order valence-electron chi connectivity index (χ0n) is 20.7. The molecule has 3 aliphatic rings. The minimum Gasteiger partial charge on any atom is -0.414 e. The summed E-state index contributed by atoms with van der Waals surface area (Å²) >= 11 is 0. The average molecular weight is 425 g/mol. The van der Waals surface area contributed by atoms with Gasteiger partial charge in [0.25, 0.3) is 0 Å². The minimum absolute atomic E-state index is 0.0434. The Balaban J connectivity index is 1.75. The van der Waals surface area contributed by atoms with Crippen molar-refractivity contribution in [3.8, 4) is 0 Å². The monoisotopic (exact) mass is 424 g/mol. The van der Waals surface area contributed by atoms with Crippen molar-refractivity contribution in [1.82, 2.24) is 0 Å². The highest BCUT2D eigenvalue weighted by Gasteiger charge is 2.59. The van der Waals surface area contributed by atoms with Crippen molar-refractivity contribution in [2.45, 2.75) is 129 Å². The van der Waals surface area contributed by atoms with Gasteiger partial charge in [-0.25, -0.2) is 0 Å². The minimum atomic E-state index is -1.75. The van der Waals surface area contributed by atoms with Gasteiger partial charge in [0.05, 0.1) is 17.8 Å². The Hall–Kier alpha value is 0.0969. The van der Waals surface area contributed by atoms with Crippen LogP contribution in [0.15, 0.2) is 0 Å². The molecule has 0 amide bonds. The van der Waals surface area contributed by atoms with E-state index in [9.17, 15) is 5.11 Å². The Bertz CT molecular complexity index is 590. The predicted octanol–water partition coefficient (Wildman–Crippen LogP) is 6.55. The maximum absolute atomic E-state index is 10.3. The number of fused-ring (bicyclic) bond motifs is 1. The number of ether oxygens (including phenoxy) is 1. The van der Waals surface area contributed by atoms with Crippen molar-refractivity contribution in [2.24, 2.45) is 23.2 Å². The molecule has 170 valence electrons. The van der Waals surface area contributed by atoms with Crippen LogP contribution in [-0.4, -0.2) is 37.3 Å². The SMILES string of the molecule is CC(C)(O)C[C@@H]1CO[C@](C)(C2CCC3C(O[Si](C)(C)C(C)(C)C)CCCC32C)C1. The van der Waals surface area contributed by atoms with Crippen molar-refractivity contribution in [1.29, 1.82) is 0 Å². The zero-order valence-corrected chi connectivity index (χ0v) is 21.7. The third-order valence-electron chi connectivity index (χ3n) is 9.18. The lowest BCUT2D eigenvalue weighted by molar-refractivity contribution is -0.0972. The number of hydrogen-bond donors (Lipinski definition) is 1. The molecule has 29 heavy (non-hydrogen) atoms. The van der Waals surface area contributed by atoms with Crippen molar-refractivity contribution in [3.63, 3.8) is 0 Å². The van der Waals surface area contributed by atoms with Crippen LogP contribution < -0.4 is 0 Å². The van der Waals surface area contributed by atoms with Gasteiger partial charge < -0.3 is 14.3 Å². The van der Waals surface area contributed by atoms with Gasteiger partial charge in [0, 0.05) is 6.10 Å². The first-order valence-corrected chi connectivity index (χ1v) is 15.0. The van der Waals surface area contributed by atoms with Gasteiger partial charge >= 0.3 is 0 Å². The summed E-state index contributed by atoms with van der Waals surface area (Å²) in [6, 6.07) is 0. The van der Waals surface area contributed by atoms with Gasteiger partial charge in [-0.15, -0.1) is 0 Å². The standard InChI is InChI=1S/C25H48O3Si/c1-22(2,3)29(8,9)28-20-11-10-14-24(6)19(20)12-13-21(24)25(7)16-18(17-27-25)15-23(4,5)26/h18-21,26H,10-17H2,1-9H3/t18-,19?,20?,21?,24?,25-/m0/s1. The molecule has 0 aromatic heterocycles. The Labute approximate surface area is 181 Å². The third-order valence-corrected chi connectivity index (χ3v) is 13.7. The Morgan fingerprint density at radius 2 is 1.72 bits per heavy atom. The number of hydrogen-bond acceptors (Lipinski definition) is 3. The molecule has 0 aromatic carbocycles. The van der Waals surface area contributed by atoms with Crippen LogP contribution in [0.4, 0.5) is 0 Å². The highest BCUT2D eigenvalue weighted by atomic mass is 28.4. The molecular weight excluding hydrogens is 376 g/mol. The Kier molecular flexibility index (Phi) is 6.23. The molecule has 3 fully saturated rings. The van der Waals surface area contributed by atoms with Crippen LogP contribution in [0, 0.1) is 23.2 Å². The van der Waals surface area contributed by atoms with E-state index in [-0.39, 0.29) is 10.6 Å². The molecule has 1 N–H and O–H groups in total. The predicted molar refractivity (Wildman–Crippen MR) is 124 cm³/mol. The second-order valence-corrected chi connectivity index (χ2v) is 18.0. The molecule has 1 aliphatic heterocycles. The second kappa shape index (κ2) is 7.60. The van der Waals surface area contributed by atoms with E-state index >= 15 is 0 Å². The molecule has 4 unspecified atom stereocenters. The normalized spacial score (nSPS) is 41.6. The summed E-state index contributed by atoms with van der Waals surface area (Å²) in [4.78, 5) is 0. The molecule has 2 saturated carbocycles. The fraction of sp³-hybridized carbons (Fsp3) is 1.00. The molecule has 6 atom stereocenters. The van der Waals surface area contributed by atoms with E-state index in [2.05, 4.69) is 47.7 Å². The summed E-state index contributed by atoms with van der Waals surface area (Å²) < 4.78 is 13.6. The molecule has 0 spiro atoms. The smallest absolute Gasteiger partial charge is 0.192 e. The molecule has 0 aromatic rings. The molecule has 3 nitrogen and oxygen atoms in total. The second-order valence-electron chi connectivity index (χ2n) is 13.3. The lowest BCUT2D eigenvalue weighted by Gasteiger charge is -2.51. The summed E-state index contributed by atoms with van der Waals surface area (Å²) in [5.41, 5.74) is -0.323. The first-order valence-electron chi connectivity index (χ1n) is 12.1. The molecular formula is C25H48O3Si. The molecule has 2 aliphatic carbocycles. The molecule has 1 saturated heterocycles. The van der Waals surface area contributed by atoms with Gasteiger partial charge in [0.1, 0.15) is 0 Å². The van der Waals surface area contributed by atoms with Gasteiger partial charge in [-0.1, -0.05) is 34.1 Å². The number of rotatable bonds is 5. The maximum atomic E-state index is 10.3. The van der Waals surface area contributed by atoms with E-state index in [4.69, 9.17) is 9.16 Å². The fourth-order valence-corrected chi connectivity index (χ4v) is 8.29. The summed E-state index contributed by atoms with van der Waals surface area (Å²) in [6.45, 7) is 21.5. The van der Waals surface area contributed by atoms with Crippen LogP contribution in [-0.2, 0) is 9.16 Å². The van der Waals surface area contributed by atoms with E-state index in [1.165, 1.54) is 32.1 Å². The van der Waals surface area contributed by atoms with Gasteiger partial charge in [-0.2, -0.15) is 0 Å². The van der Waals surface area contributed by atoms with Crippen LogP contribution in [0.3, 0.4) is 0 Å². The van der Waals surface area contributed by atoms with Gasteiger partial charge in [-0.3, -0.25) is 0 Å². The highest BCUT2D eigenvalue weighted by molar-refractivity contribution is 6.74. The topological polar surface area (TPSA) is 38.7 Å². The Morgan fingerprint density at radius 1 is 1.07 bits per heavy atom. The first kappa shape index (κ1) is 23.8. The number of aliphatic hydroxyl groups is 1. The summed E-state index contributed by atoms with van der Waals surface area (Å²) in [5.74, 6) is 1.76. The Morgan fingerprint density at radius 3 is 2.31 bits per heavy atom. The van der Waals surface area contributed by atoms with Gasteiger partial charge in [0.15, 0.2) is 8.32 Å². The van der Waals surface area contributed by atoms with Crippen molar-refractivity contribution in [2.75, 3.05) is 6.61 Å². The van der Waals surface area contributed by atoms with Crippen LogP contribution in [0.2, 0.25) is 18.1 Å². The third kappa shape index (κ3) is 4.66. The lowest BCUT2D eigenvalue weighted by Crippen LogP contribution is -2.52. The van der Waals surface area contributed by atoms with Crippen LogP contribution in [0.25, 0.3) is 0 Å². The average Bonchev–Trinajstić information content (AvgIpc) is 3.06. The van der Waals surface area contributed by atoms with E-state index in [0.717, 1.165) is 19.4 Å². The van der Waals surface area contributed by atoms with E-state index in [1.54, 1.807) is 0 Å². The quantitative estimate of drug-likeness (QED) is 0.509. The van der Waals surface area contributed by atoms with E-state index in [1.807, 2.05) is 13.8 Å². The highest BCUT2D eigenvalue weighted by Crippen LogP contribution is 2.62. The van der Waals surface area contributed by atoms with Gasteiger partial charge in [-0.05, 0) is 101 Å². The van der Waals surface area contributed by atoms with Gasteiger partial charge in [0.2, 0.25) is 0 Å². The molecule has 0 bridgehead atoms. The van der Waals surface area contributed by atoms with Crippen molar-refractivity contribution < 1.29 is 14.3 Å². The lowest BCUT2D eigenvalue weighted by atomic mass is 9.60. The van der Waals surface area contributed by atoms with Crippen LogP contribution in [0.5, 0.6) is 0 Å². The summed E-state index contributed by atoms with van der Waals surface area (Å²) in [5, 5.41) is 10.6. The van der Waals surface area contributed by atoms with E-state index in [0.29, 0.717) is 29.3 Å². The zero-order chi connectivity index (χ0) is 21.9. The largest absolute Gasteiger partial charge is 0.414 e. The fourth-order valence-electron chi connectivity index (χ4n) is 6.90. The molecule has 1 heterocycles. The summed E-state index contributed by atoms with van der Waals surface area (Å²) in [7, 11) is -1.75. The maximum Gasteiger partial charge on any atom is 0.192 e.